The summed E-state index contributed by atoms with van der Waals surface area (Å²) in [5.74, 6) is -0.791. The van der Waals surface area contributed by atoms with Gasteiger partial charge in [-0.1, -0.05) is 17.7 Å². The predicted octanol–water partition coefficient (Wildman–Crippen LogP) is 4.46. The van der Waals surface area contributed by atoms with Crippen molar-refractivity contribution in [2.75, 3.05) is 11.1 Å². The van der Waals surface area contributed by atoms with Crippen LogP contribution in [-0.2, 0) is 4.74 Å². The Morgan fingerprint density at radius 1 is 1.16 bits per heavy atom. The molecule has 1 aromatic carbocycles. The molecule has 1 aromatic heterocycles. The molecular formula is C19H24N2O3S. The molecule has 0 radical (unpaired) electrons. The number of ether oxygens (including phenoxy) is 1. The molecule has 25 heavy (non-hydrogen) atoms. The first-order chi connectivity index (χ1) is 11.5. The molecule has 1 heterocycles. The molecule has 0 spiro atoms. The van der Waals surface area contributed by atoms with E-state index in [1.165, 1.54) is 0 Å². The van der Waals surface area contributed by atoms with Crippen molar-refractivity contribution in [1.82, 2.24) is 0 Å². The van der Waals surface area contributed by atoms with E-state index in [2.05, 4.69) is 5.32 Å². The van der Waals surface area contributed by atoms with Crippen LogP contribution in [0.1, 0.15) is 57.5 Å². The zero-order valence-corrected chi connectivity index (χ0v) is 16.3. The van der Waals surface area contributed by atoms with Crippen LogP contribution in [0.15, 0.2) is 18.2 Å². The van der Waals surface area contributed by atoms with Crippen molar-refractivity contribution < 1.29 is 14.3 Å². The Morgan fingerprint density at radius 3 is 2.36 bits per heavy atom. The number of rotatable bonds is 3. The maximum Gasteiger partial charge on any atom is 0.341 e. The van der Waals surface area contributed by atoms with Gasteiger partial charge in [-0.05, 0) is 58.7 Å². The van der Waals surface area contributed by atoms with E-state index >= 15 is 0 Å². The summed E-state index contributed by atoms with van der Waals surface area (Å²) in [5.41, 5.74) is 9.00. The number of thiophene rings is 1. The predicted molar refractivity (Wildman–Crippen MR) is 103 cm³/mol. The summed E-state index contributed by atoms with van der Waals surface area (Å²) < 4.78 is 5.39. The highest BCUT2D eigenvalue weighted by Crippen LogP contribution is 2.33. The van der Waals surface area contributed by atoms with Crippen LogP contribution < -0.4 is 11.1 Å². The molecule has 0 saturated carbocycles. The molecule has 0 aliphatic heterocycles. The Bertz CT molecular complexity index is 832. The number of nitrogen functional groups attached to an aromatic ring is 1. The molecule has 2 aromatic rings. The number of hydrogen-bond donors (Lipinski definition) is 2. The molecule has 1 amide bonds. The lowest BCUT2D eigenvalue weighted by Gasteiger charge is -2.19. The van der Waals surface area contributed by atoms with E-state index in [1.807, 2.05) is 32.0 Å². The second-order valence-corrected chi connectivity index (χ2v) is 8.12. The van der Waals surface area contributed by atoms with Gasteiger partial charge in [-0.25, -0.2) is 4.79 Å². The topological polar surface area (TPSA) is 81.4 Å². The van der Waals surface area contributed by atoms with Crippen LogP contribution in [0.25, 0.3) is 0 Å². The van der Waals surface area contributed by atoms with Gasteiger partial charge >= 0.3 is 5.97 Å². The van der Waals surface area contributed by atoms with Crippen LogP contribution in [0.4, 0.5) is 10.7 Å². The maximum atomic E-state index is 12.6. The van der Waals surface area contributed by atoms with Crippen molar-refractivity contribution in [2.24, 2.45) is 0 Å². The van der Waals surface area contributed by atoms with Gasteiger partial charge in [0.15, 0.2) is 0 Å². The van der Waals surface area contributed by atoms with Crippen molar-refractivity contribution in [1.29, 1.82) is 0 Å². The van der Waals surface area contributed by atoms with E-state index in [1.54, 1.807) is 27.7 Å². The summed E-state index contributed by atoms with van der Waals surface area (Å²) in [5, 5.41) is 3.18. The molecule has 0 saturated heterocycles. The third-order valence-electron chi connectivity index (χ3n) is 3.61. The van der Waals surface area contributed by atoms with Gasteiger partial charge < -0.3 is 15.8 Å². The monoisotopic (exact) mass is 360 g/mol. The number of esters is 1. The van der Waals surface area contributed by atoms with Gasteiger partial charge in [-0.2, -0.15) is 0 Å². The molecular weight excluding hydrogens is 336 g/mol. The molecule has 0 bridgehead atoms. The number of carbonyl (C=O) groups excluding carboxylic acids is 2. The minimum absolute atomic E-state index is 0.269. The van der Waals surface area contributed by atoms with Gasteiger partial charge in [0, 0.05) is 5.69 Å². The Labute approximate surface area is 152 Å². The number of benzene rings is 1. The zero-order chi connectivity index (χ0) is 18.9. The minimum Gasteiger partial charge on any atom is -0.456 e. The fourth-order valence-corrected chi connectivity index (χ4v) is 3.43. The number of amides is 1. The Hall–Kier alpha value is -2.34. The lowest BCUT2D eigenvalue weighted by atomic mass is 10.1. The summed E-state index contributed by atoms with van der Waals surface area (Å²) in [6, 6.07) is 5.80. The van der Waals surface area contributed by atoms with Crippen LogP contribution in [-0.4, -0.2) is 17.5 Å². The molecule has 0 aliphatic carbocycles. The third kappa shape index (κ3) is 4.39. The number of carbonyl (C=O) groups is 2. The molecule has 0 fully saturated rings. The molecule has 0 unspecified atom stereocenters. The van der Waals surface area contributed by atoms with Crippen molar-refractivity contribution >= 4 is 33.9 Å². The number of nitrogens with two attached hydrogens (primary N) is 1. The van der Waals surface area contributed by atoms with Crippen LogP contribution >= 0.6 is 11.3 Å². The summed E-state index contributed by atoms with van der Waals surface area (Å²) in [7, 11) is 0. The number of hydrogen-bond acceptors (Lipinski definition) is 5. The lowest BCUT2D eigenvalue weighted by Crippen LogP contribution is -2.24. The molecule has 134 valence electrons. The third-order valence-corrected chi connectivity index (χ3v) is 4.73. The van der Waals surface area contributed by atoms with Gasteiger partial charge in [0.2, 0.25) is 0 Å². The van der Waals surface area contributed by atoms with Gasteiger partial charge in [-0.3, -0.25) is 4.79 Å². The van der Waals surface area contributed by atoms with Gasteiger partial charge in [0.1, 0.15) is 10.6 Å². The molecule has 0 aliphatic rings. The van der Waals surface area contributed by atoms with Gasteiger partial charge in [0.05, 0.1) is 10.4 Å². The van der Waals surface area contributed by atoms with E-state index in [0.717, 1.165) is 28.2 Å². The average Bonchev–Trinajstić information content (AvgIpc) is 2.75. The van der Waals surface area contributed by atoms with Crippen molar-refractivity contribution in [3.63, 3.8) is 0 Å². The normalized spacial score (nSPS) is 11.3. The highest BCUT2D eigenvalue weighted by molar-refractivity contribution is 7.18. The quantitative estimate of drug-likeness (QED) is 0.792. The first-order valence-electron chi connectivity index (χ1n) is 8.00. The summed E-state index contributed by atoms with van der Waals surface area (Å²) >= 11 is 1.10. The zero-order valence-electron chi connectivity index (χ0n) is 15.4. The van der Waals surface area contributed by atoms with E-state index in [0.29, 0.717) is 10.4 Å². The summed E-state index contributed by atoms with van der Waals surface area (Å²) in [6.45, 7) is 11.0. The van der Waals surface area contributed by atoms with Crippen molar-refractivity contribution in [3.8, 4) is 0 Å². The van der Waals surface area contributed by atoms with E-state index in [-0.39, 0.29) is 16.5 Å². The Morgan fingerprint density at radius 2 is 1.80 bits per heavy atom. The Kier molecular flexibility index (Phi) is 5.23. The van der Waals surface area contributed by atoms with Crippen LogP contribution in [0.3, 0.4) is 0 Å². The SMILES string of the molecule is Cc1ccc(NC(=O)c2sc(N)c(C(=O)OC(C)(C)C)c2C)c(C)c1. The van der Waals surface area contributed by atoms with E-state index in [4.69, 9.17) is 10.5 Å². The first-order valence-corrected chi connectivity index (χ1v) is 8.82. The Balaban J connectivity index is 2.30. The fraction of sp³-hybridized carbons (Fsp3) is 0.368. The van der Waals surface area contributed by atoms with Crippen LogP contribution in [0.5, 0.6) is 0 Å². The highest BCUT2D eigenvalue weighted by atomic mass is 32.1. The first kappa shape index (κ1) is 19.0. The van der Waals surface area contributed by atoms with E-state index in [9.17, 15) is 9.59 Å². The van der Waals surface area contributed by atoms with Crippen LogP contribution in [0, 0.1) is 20.8 Å². The average molecular weight is 360 g/mol. The highest BCUT2D eigenvalue weighted by Gasteiger charge is 2.27. The number of anilines is 2. The molecule has 3 N–H and O–H groups in total. The number of nitrogens with one attached hydrogen (secondary N) is 1. The fourth-order valence-electron chi connectivity index (χ4n) is 2.47. The van der Waals surface area contributed by atoms with Crippen LogP contribution in [0.2, 0.25) is 0 Å². The van der Waals surface area contributed by atoms with Crippen molar-refractivity contribution in [2.45, 2.75) is 47.1 Å². The second-order valence-electron chi connectivity index (χ2n) is 7.07. The second kappa shape index (κ2) is 6.88. The largest absolute Gasteiger partial charge is 0.456 e. The van der Waals surface area contributed by atoms with E-state index < -0.39 is 11.6 Å². The standard InChI is InChI=1S/C19H24N2O3S/c1-10-7-8-13(11(2)9-10)21-17(22)15-12(3)14(16(20)25-15)18(23)24-19(4,5)6/h7-9H,20H2,1-6H3,(H,21,22). The maximum absolute atomic E-state index is 12.6. The molecule has 6 heteroatoms. The molecule has 0 atom stereocenters. The smallest absolute Gasteiger partial charge is 0.341 e. The van der Waals surface area contributed by atoms with Gasteiger partial charge in [0.25, 0.3) is 5.91 Å². The van der Waals surface area contributed by atoms with Gasteiger partial charge in [-0.15, -0.1) is 11.3 Å². The summed E-state index contributed by atoms with van der Waals surface area (Å²) in [4.78, 5) is 25.4. The number of aryl methyl sites for hydroxylation is 2. The minimum atomic E-state index is -0.626. The molecule has 5 nitrogen and oxygen atoms in total. The lowest BCUT2D eigenvalue weighted by molar-refractivity contribution is 0.00705. The summed E-state index contributed by atoms with van der Waals surface area (Å²) in [6.07, 6.45) is 0. The molecule has 2 rings (SSSR count). The van der Waals surface area contributed by atoms with Crippen molar-refractivity contribution in [3.05, 3.63) is 45.3 Å².